The Kier molecular flexibility index (Phi) is 5.39. The number of rotatable bonds is 7. The molecule has 1 unspecified atom stereocenters. The second-order valence-electron chi connectivity index (χ2n) is 9.16. The Morgan fingerprint density at radius 3 is 2.50 bits per heavy atom. The molecule has 1 fully saturated rings. The van der Waals surface area contributed by atoms with Crippen LogP contribution in [0, 0.1) is 5.92 Å². The third-order valence-corrected chi connectivity index (χ3v) is 6.56. The molecule has 1 amide bonds. The highest BCUT2D eigenvalue weighted by molar-refractivity contribution is 5.75. The minimum Gasteiger partial charge on any atom is -0.384 e. The first-order chi connectivity index (χ1) is 16.3. The van der Waals surface area contributed by atoms with Gasteiger partial charge in [0.15, 0.2) is 5.82 Å². The van der Waals surface area contributed by atoms with Gasteiger partial charge in [0.05, 0.1) is 17.2 Å². The van der Waals surface area contributed by atoms with E-state index >= 15 is 0 Å². The Hall–Kier alpha value is -4.01. The minimum atomic E-state index is -0.365. The van der Waals surface area contributed by atoms with Gasteiger partial charge in [-0.1, -0.05) is 29.4 Å². The van der Waals surface area contributed by atoms with Gasteiger partial charge in [0.1, 0.15) is 12.4 Å². The minimum absolute atomic E-state index is 0.0413. The van der Waals surface area contributed by atoms with E-state index in [9.17, 15) is 4.79 Å². The van der Waals surface area contributed by atoms with E-state index in [0.717, 1.165) is 29.5 Å². The summed E-state index contributed by atoms with van der Waals surface area (Å²) >= 11 is 0. The Balaban J connectivity index is 1.41. The molecule has 3 heterocycles. The summed E-state index contributed by atoms with van der Waals surface area (Å²) in [6, 6.07) is 12.2. The van der Waals surface area contributed by atoms with E-state index in [2.05, 4.69) is 46.4 Å². The first kappa shape index (κ1) is 21.8. The lowest BCUT2D eigenvalue weighted by Gasteiger charge is -2.27. The summed E-state index contributed by atoms with van der Waals surface area (Å²) in [5.41, 5.74) is 9.26. The molecule has 0 saturated heterocycles. The van der Waals surface area contributed by atoms with Gasteiger partial charge >= 0.3 is 0 Å². The number of carbonyl (C=O) groups excluding carboxylic acids is 1. The number of pyridine rings is 1. The highest BCUT2D eigenvalue weighted by Gasteiger charge is 2.47. The molecular weight excluding hydrogens is 430 g/mol. The van der Waals surface area contributed by atoms with Crippen molar-refractivity contribution in [2.45, 2.75) is 31.7 Å². The predicted molar refractivity (Wildman–Crippen MR) is 127 cm³/mol. The molecule has 4 aromatic rings. The molecule has 9 heteroatoms. The van der Waals surface area contributed by atoms with Crippen LogP contribution in [0.4, 0.5) is 5.82 Å². The highest BCUT2D eigenvalue weighted by Crippen LogP contribution is 2.50. The van der Waals surface area contributed by atoms with Crippen LogP contribution < -0.4 is 5.73 Å². The van der Waals surface area contributed by atoms with Crippen molar-refractivity contribution in [1.29, 1.82) is 0 Å². The Morgan fingerprint density at radius 1 is 1.12 bits per heavy atom. The SMILES string of the molecule is CN(C)C(=O)Cn1cc(-c2nc(C(C)(c3ccc(-c4ccc(N)nc4)cc3)C3CC3)no2)cn1. The molecule has 34 heavy (non-hydrogen) atoms. The van der Waals surface area contributed by atoms with Gasteiger partial charge in [-0.25, -0.2) is 4.98 Å². The van der Waals surface area contributed by atoms with Crippen LogP contribution >= 0.6 is 0 Å². The fourth-order valence-corrected chi connectivity index (χ4v) is 4.19. The third kappa shape index (κ3) is 4.05. The van der Waals surface area contributed by atoms with Gasteiger partial charge in [0.2, 0.25) is 5.91 Å². The number of carbonyl (C=O) groups is 1. The molecule has 0 aliphatic heterocycles. The zero-order chi connectivity index (χ0) is 23.9. The second kappa shape index (κ2) is 8.40. The molecule has 0 radical (unpaired) electrons. The molecular formula is C25H27N7O2. The number of anilines is 1. The van der Waals surface area contributed by atoms with Gasteiger partial charge in [-0.2, -0.15) is 10.1 Å². The average molecular weight is 458 g/mol. The summed E-state index contributed by atoms with van der Waals surface area (Å²) in [6.45, 7) is 2.34. The van der Waals surface area contributed by atoms with Crippen molar-refractivity contribution in [2.75, 3.05) is 19.8 Å². The van der Waals surface area contributed by atoms with Crippen LogP contribution in [-0.4, -0.2) is 49.8 Å². The lowest BCUT2D eigenvalue weighted by molar-refractivity contribution is -0.129. The zero-order valence-corrected chi connectivity index (χ0v) is 19.5. The number of amides is 1. The van der Waals surface area contributed by atoms with E-state index in [1.54, 1.807) is 43.4 Å². The van der Waals surface area contributed by atoms with E-state index in [4.69, 9.17) is 15.2 Å². The summed E-state index contributed by atoms with van der Waals surface area (Å²) in [5, 5.41) is 8.63. The maximum absolute atomic E-state index is 12.0. The summed E-state index contributed by atoms with van der Waals surface area (Å²) in [6.07, 6.45) is 7.41. The van der Waals surface area contributed by atoms with Gasteiger partial charge in [0, 0.05) is 32.1 Å². The molecule has 1 atom stereocenters. The van der Waals surface area contributed by atoms with E-state index in [1.807, 2.05) is 6.07 Å². The first-order valence-electron chi connectivity index (χ1n) is 11.2. The van der Waals surface area contributed by atoms with Crippen LogP contribution in [0.3, 0.4) is 0 Å². The molecule has 1 aromatic carbocycles. The molecule has 1 aliphatic carbocycles. The summed E-state index contributed by atoms with van der Waals surface area (Å²) in [7, 11) is 3.43. The number of benzene rings is 1. The normalized spacial score (nSPS) is 15.1. The molecule has 5 rings (SSSR count). The lowest BCUT2D eigenvalue weighted by Crippen LogP contribution is -2.28. The predicted octanol–water partition coefficient (Wildman–Crippen LogP) is 3.38. The van der Waals surface area contributed by atoms with Gasteiger partial charge in [-0.3, -0.25) is 9.48 Å². The van der Waals surface area contributed by atoms with Crippen LogP contribution in [0.2, 0.25) is 0 Å². The fourth-order valence-electron chi connectivity index (χ4n) is 4.19. The Labute approximate surface area is 197 Å². The number of nitrogens with two attached hydrogens (primary N) is 1. The van der Waals surface area contributed by atoms with Crippen molar-refractivity contribution in [3.05, 3.63) is 66.4 Å². The van der Waals surface area contributed by atoms with Gasteiger partial charge in [-0.15, -0.1) is 0 Å². The number of nitrogen functional groups attached to an aromatic ring is 1. The van der Waals surface area contributed by atoms with Crippen molar-refractivity contribution in [1.82, 2.24) is 29.8 Å². The quantitative estimate of drug-likeness (QED) is 0.452. The third-order valence-electron chi connectivity index (χ3n) is 6.56. The van der Waals surface area contributed by atoms with Gasteiger partial charge in [-0.05, 0) is 48.9 Å². The van der Waals surface area contributed by atoms with Gasteiger partial charge < -0.3 is 15.2 Å². The molecule has 0 spiro atoms. The molecule has 0 bridgehead atoms. The van der Waals surface area contributed by atoms with E-state index < -0.39 is 0 Å². The van der Waals surface area contributed by atoms with Crippen LogP contribution in [0.15, 0.2) is 59.5 Å². The van der Waals surface area contributed by atoms with Crippen molar-refractivity contribution in [2.24, 2.45) is 5.92 Å². The molecule has 9 nitrogen and oxygen atoms in total. The second-order valence-corrected chi connectivity index (χ2v) is 9.16. The number of hydrogen-bond acceptors (Lipinski definition) is 7. The van der Waals surface area contributed by atoms with Crippen molar-refractivity contribution in [3.8, 4) is 22.6 Å². The monoisotopic (exact) mass is 457 g/mol. The maximum atomic E-state index is 12.0. The fraction of sp³-hybridized carbons (Fsp3) is 0.320. The Bertz CT molecular complexity index is 1300. The largest absolute Gasteiger partial charge is 0.384 e. The summed E-state index contributed by atoms with van der Waals surface area (Å²) < 4.78 is 7.21. The highest BCUT2D eigenvalue weighted by atomic mass is 16.5. The number of aromatic nitrogens is 5. The standard InChI is InChI=1S/C25H27N7O2/c1-25(20-9-10-20,19-7-4-16(5-8-19)17-6-11-21(26)27-12-17)24-29-23(34-30-24)18-13-28-32(14-18)15-22(33)31(2)3/h4-8,11-14,20H,9-10,15H2,1-3H3,(H2,26,27). The van der Waals surface area contributed by atoms with Crippen molar-refractivity contribution >= 4 is 11.7 Å². The number of nitrogens with zero attached hydrogens (tertiary/aromatic N) is 6. The average Bonchev–Trinajstić information content (AvgIpc) is 3.39. The van der Waals surface area contributed by atoms with Crippen LogP contribution in [0.5, 0.6) is 0 Å². The number of likely N-dealkylation sites (N-methyl/N-ethyl adjacent to an activating group) is 1. The summed E-state index contributed by atoms with van der Waals surface area (Å²) in [5.74, 6) is 1.96. The van der Waals surface area contributed by atoms with Crippen molar-refractivity contribution in [3.63, 3.8) is 0 Å². The van der Waals surface area contributed by atoms with E-state index in [-0.39, 0.29) is 17.9 Å². The molecule has 174 valence electrons. The summed E-state index contributed by atoms with van der Waals surface area (Å²) in [4.78, 5) is 22.4. The zero-order valence-electron chi connectivity index (χ0n) is 19.5. The van der Waals surface area contributed by atoms with Crippen LogP contribution in [0.25, 0.3) is 22.6 Å². The molecule has 2 N–H and O–H groups in total. The van der Waals surface area contributed by atoms with Gasteiger partial charge in [0.25, 0.3) is 5.89 Å². The molecule has 1 aliphatic rings. The smallest absolute Gasteiger partial charge is 0.261 e. The van der Waals surface area contributed by atoms with Crippen LogP contribution in [-0.2, 0) is 16.8 Å². The molecule has 3 aromatic heterocycles. The Morgan fingerprint density at radius 2 is 1.85 bits per heavy atom. The van der Waals surface area contributed by atoms with Crippen LogP contribution in [0.1, 0.15) is 31.2 Å². The molecule has 1 saturated carbocycles. The lowest BCUT2D eigenvalue weighted by atomic mass is 9.76. The first-order valence-corrected chi connectivity index (χ1v) is 11.2. The van der Waals surface area contributed by atoms with Crippen molar-refractivity contribution < 1.29 is 9.32 Å². The number of hydrogen-bond donors (Lipinski definition) is 1. The van der Waals surface area contributed by atoms with E-state index in [1.165, 1.54) is 4.90 Å². The maximum Gasteiger partial charge on any atom is 0.261 e. The topological polar surface area (TPSA) is 116 Å². The van der Waals surface area contributed by atoms with E-state index in [0.29, 0.717) is 29.0 Å².